The standard InChI is InChI=1S/C19H14F3N3O3/c20-19(21,22)15-7-4-8-16(10-15)28-12-17(26)24-25-18(27)14(11-23)9-13-5-2-1-3-6-13/h1-10H,12H2,(H,24,26)(H,25,27)/b14-9+. The molecule has 2 amide bonds. The molecule has 0 spiro atoms. The number of nitrogens with one attached hydrogen (secondary N) is 2. The van der Waals surface area contributed by atoms with Crippen LogP contribution in [0.2, 0.25) is 0 Å². The van der Waals surface area contributed by atoms with Gasteiger partial charge in [0.2, 0.25) is 0 Å². The highest BCUT2D eigenvalue weighted by Crippen LogP contribution is 2.31. The van der Waals surface area contributed by atoms with Crippen LogP contribution in [0.4, 0.5) is 13.2 Å². The van der Waals surface area contributed by atoms with Crippen LogP contribution in [-0.4, -0.2) is 18.4 Å². The summed E-state index contributed by atoms with van der Waals surface area (Å²) < 4.78 is 42.9. The highest BCUT2D eigenvalue weighted by atomic mass is 19.4. The van der Waals surface area contributed by atoms with Crippen LogP contribution >= 0.6 is 0 Å². The van der Waals surface area contributed by atoms with Crippen molar-refractivity contribution in [3.05, 3.63) is 71.3 Å². The Hall–Kier alpha value is -3.80. The molecule has 0 saturated carbocycles. The van der Waals surface area contributed by atoms with Crippen molar-refractivity contribution in [3.8, 4) is 11.8 Å². The summed E-state index contributed by atoms with van der Waals surface area (Å²) in [7, 11) is 0. The molecule has 28 heavy (non-hydrogen) atoms. The molecule has 0 bridgehead atoms. The molecule has 0 aliphatic carbocycles. The van der Waals surface area contributed by atoms with E-state index in [4.69, 9.17) is 10.00 Å². The Kier molecular flexibility index (Phi) is 6.76. The molecule has 0 fully saturated rings. The van der Waals surface area contributed by atoms with Gasteiger partial charge in [0.15, 0.2) is 6.61 Å². The van der Waals surface area contributed by atoms with E-state index in [1.807, 2.05) is 10.9 Å². The number of amides is 2. The Morgan fingerprint density at radius 1 is 1.07 bits per heavy atom. The van der Waals surface area contributed by atoms with Crippen molar-refractivity contribution in [2.75, 3.05) is 6.61 Å². The molecule has 0 aliphatic rings. The summed E-state index contributed by atoms with van der Waals surface area (Å²) in [6.45, 7) is -0.633. The molecule has 6 nitrogen and oxygen atoms in total. The number of carbonyl (C=O) groups excluding carboxylic acids is 2. The van der Waals surface area contributed by atoms with Crippen LogP contribution < -0.4 is 15.6 Å². The first-order chi connectivity index (χ1) is 13.3. The summed E-state index contributed by atoms with van der Waals surface area (Å²) in [5.41, 5.74) is 3.52. The van der Waals surface area contributed by atoms with Crippen LogP contribution in [0, 0.1) is 11.3 Å². The topological polar surface area (TPSA) is 91.2 Å². The zero-order valence-corrected chi connectivity index (χ0v) is 14.3. The highest BCUT2D eigenvalue weighted by molar-refractivity contribution is 6.02. The number of halogens is 3. The van der Waals surface area contributed by atoms with E-state index in [1.165, 1.54) is 12.1 Å². The average Bonchev–Trinajstić information content (AvgIpc) is 2.69. The predicted molar refractivity (Wildman–Crippen MR) is 93.3 cm³/mol. The molecular weight excluding hydrogens is 375 g/mol. The van der Waals surface area contributed by atoms with E-state index in [0.717, 1.165) is 18.2 Å². The van der Waals surface area contributed by atoms with Crippen molar-refractivity contribution in [3.63, 3.8) is 0 Å². The lowest BCUT2D eigenvalue weighted by molar-refractivity contribution is -0.137. The second kappa shape index (κ2) is 9.23. The van der Waals surface area contributed by atoms with Gasteiger partial charge in [-0.05, 0) is 29.8 Å². The highest BCUT2D eigenvalue weighted by Gasteiger charge is 2.30. The fourth-order valence-electron chi connectivity index (χ4n) is 2.01. The van der Waals surface area contributed by atoms with Gasteiger partial charge in [-0.15, -0.1) is 0 Å². The van der Waals surface area contributed by atoms with Crippen LogP contribution in [0.25, 0.3) is 6.08 Å². The van der Waals surface area contributed by atoms with Crippen LogP contribution in [0.5, 0.6) is 5.75 Å². The van der Waals surface area contributed by atoms with Crippen molar-refractivity contribution in [2.24, 2.45) is 0 Å². The van der Waals surface area contributed by atoms with Gasteiger partial charge in [-0.3, -0.25) is 20.4 Å². The van der Waals surface area contributed by atoms with E-state index >= 15 is 0 Å². The molecule has 144 valence electrons. The van der Waals surface area contributed by atoms with E-state index in [1.54, 1.807) is 36.4 Å². The summed E-state index contributed by atoms with van der Waals surface area (Å²) in [6, 6.07) is 14.3. The molecule has 0 aromatic heterocycles. The van der Waals surface area contributed by atoms with E-state index in [-0.39, 0.29) is 11.3 Å². The SMILES string of the molecule is N#C/C(=C\c1ccccc1)C(=O)NNC(=O)COc1cccc(C(F)(F)F)c1. The molecule has 0 radical (unpaired) electrons. The molecule has 2 aromatic rings. The van der Waals surface area contributed by atoms with Gasteiger partial charge in [0.1, 0.15) is 17.4 Å². The van der Waals surface area contributed by atoms with E-state index in [9.17, 15) is 22.8 Å². The monoisotopic (exact) mass is 389 g/mol. The fourth-order valence-corrected chi connectivity index (χ4v) is 2.01. The fraction of sp³-hybridized carbons (Fsp3) is 0.105. The molecule has 2 rings (SSSR count). The third-order valence-corrected chi connectivity index (χ3v) is 3.32. The third-order valence-electron chi connectivity index (χ3n) is 3.32. The van der Waals surface area contributed by atoms with Crippen LogP contribution in [0.15, 0.2) is 60.2 Å². The minimum atomic E-state index is -4.53. The van der Waals surface area contributed by atoms with Crippen molar-refractivity contribution in [1.82, 2.24) is 10.9 Å². The van der Waals surface area contributed by atoms with E-state index < -0.39 is 30.2 Å². The third kappa shape index (κ3) is 6.17. The molecule has 9 heteroatoms. The lowest BCUT2D eigenvalue weighted by Gasteiger charge is -2.10. The summed E-state index contributed by atoms with van der Waals surface area (Å²) in [5.74, 6) is -1.82. The Bertz CT molecular complexity index is 919. The molecule has 2 N–H and O–H groups in total. The normalized spacial score (nSPS) is 11.3. The van der Waals surface area contributed by atoms with Gasteiger partial charge in [-0.2, -0.15) is 18.4 Å². The van der Waals surface area contributed by atoms with Crippen molar-refractivity contribution >= 4 is 17.9 Å². The van der Waals surface area contributed by atoms with E-state index in [0.29, 0.717) is 5.56 Å². The summed E-state index contributed by atoms with van der Waals surface area (Å²) in [5, 5.41) is 9.06. The van der Waals surface area contributed by atoms with Crippen LogP contribution in [-0.2, 0) is 15.8 Å². The molecule has 0 unspecified atom stereocenters. The molecule has 0 heterocycles. The van der Waals surface area contributed by atoms with Gasteiger partial charge in [0.05, 0.1) is 5.56 Å². The first kappa shape index (κ1) is 20.5. The maximum absolute atomic E-state index is 12.6. The maximum Gasteiger partial charge on any atom is 0.416 e. The number of alkyl halides is 3. The number of hydrogen-bond acceptors (Lipinski definition) is 4. The van der Waals surface area contributed by atoms with Crippen molar-refractivity contribution in [1.29, 1.82) is 5.26 Å². The number of hydrogen-bond donors (Lipinski definition) is 2. The summed E-state index contributed by atoms with van der Waals surface area (Å²) in [4.78, 5) is 23.6. The van der Waals surface area contributed by atoms with E-state index in [2.05, 4.69) is 0 Å². The lowest BCUT2D eigenvalue weighted by Crippen LogP contribution is -2.44. The lowest BCUT2D eigenvalue weighted by atomic mass is 10.1. The van der Waals surface area contributed by atoms with Gasteiger partial charge in [0, 0.05) is 0 Å². The number of rotatable bonds is 5. The number of ether oxygens (including phenoxy) is 1. The number of carbonyl (C=O) groups is 2. The number of nitrogens with zero attached hydrogens (tertiary/aromatic N) is 1. The predicted octanol–water partition coefficient (Wildman–Crippen LogP) is 2.84. The summed E-state index contributed by atoms with van der Waals surface area (Å²) in [6.07, 6.45) is -3.20. The zero-order valence-electron chi connectivity index (χ0n) is 14.3. The Morgan fingerprint density at radius 3 is 2.43 bits per heavy atom. The van der Waals surface area contributed by atoms with Gasteiger partial charge in [0.25, 0.3) is 11.8 Å². The first-order valence-corrected chi connectivity index (χ1v) is 7.85. The number of nitriles is 1. The molecule has 0 atom stereocenters. The van der Waals surface area contributed by atoms with Crippen molar-refractivity contribution in [2.45, 2.75) is 6.18 Å². The van der Waals surface area contributed by atoms with Crippen LogP contribution in [0.3, 0.4) is 0 Å². The zero-order chi connectivity index (χ0) is 20.6. The second-order valence-electron chi connectivity index (χ2n) is 5.40. The minimum absolute atomic E-state index is 0.155. The molecule has 0 saturated heterocycles. The maximum atomic E-state index is 12.6. The van der Waals surface area contributed by atoms with Gasteiger partial charge >= 0.3 is 6.18 Å². The molecule has 2 aromatic carbocycles. The average molecular weight is 389 g/mol. The Labute approximate surface area is 158 Å². The largest absolute Gasteiger partial charge is 0.484 e. The number of benzene rings is 2. The second-order valence-corrected chi connectivity index (χ2v) is 5.40. The Morgan fingerprint density at radius 2 is 1.79 bits per heavy atom. The molecule has 0 aliphatic heterocycles. The van der Waals surface area contributed by atoms with Gasteiger partial charge in [-0.25, -0.2) is 0 Å². The number of hydrazine groups is 1. The smallest absolute Gasteiger partial charge is 0.416 e. The van der Waals surface area contributed by atoms with Gasteiger partial charge in [-0.1, -0.05) is 36.4 Å². The van der Waals surface area contributed by atoms with Gasteiger partial charge < -0.3 is 4.74 Å². The van der Waals surface area contributed by atoms with Crippen molar-refractivity contribution < 1.29 is 27.5 Å². The Balaban J connectivity index is 1.88. The first-order valence-electron chi connectivity index (χ1n) is 7.85. The summed E-state index contributed by atoms with van der Waals surface area (Å²) >= 11 is 0. The molecular formula is C19H14F3N3O3. The van der Waals surface area contributed by atoms with Crippen LogP contribution in [0.1, 0.15) is 11.1 Å². The minimum Gasteiger partial charge on any atom is -0.484 e. The quantitative estimate of drug-likeness (QED) is 0.467.